The lowest BCUT2D eigenvalue weighted by molar-refractivity contribution is 0.218. The summed E-state index contributed by atoms with van der Waals surface area (Å²) in [7, 11) is 6.73. The minimum Gasteiger partial charge on any atom is -0.504 e. The molecule has 6 heteroatoms. The molecule has 0 amide bonds. The Morgan fingerprint density at radius 1 is 1.00 bits per heavy atom. The van der Waals surface area contributed by atoms with Crippen LogP contribution in [0.3, 0.4) is 0 Å². The molecule has 1 aliphatic heterocycles. The summed E-state index contributed by atoms with van der Waals surface area (Å²) in [5.74, 6) is 1.62. The Hall–Kier alpha value is -2.60. The summed E-state index contributed by atoms with van der Waals surface area (Å²) in [6.45, 7) is 0.947. The molecule has 1 aliphatic rings. The highest BCUT2D eigenvalue weighted by molar-refractivity contribution is 5.53. The van der Waals surface area contributed by atoms with Gasteiger partial charge in [0.05, 0.1) is 21.3 Å². The lowest BCUT2D eigenvalue weighted by atomic mass is 9.98. The molecular weight excluding hydrogens is 349 g/mol. The molecule has 0 aromatic heterocycles. The lowest BCUT2D eigenvalue weighted by Gasteiger charge is -2.35. The van der Waals surface area contributed by atoms with Gasteiger partial charge in [0.25, 0.3) is 0 Å². The van der Waals surface area contributed by atoms with Gasteiger partial charge in [-0.15, -0.1) is 0 Å². The minimum atomic E-state index is 0.0756. The van der Waals surface area contributed by atoms with Crippen molar-refractivity contribution in [3.05, 3.63) is 41.0 Å². The fourth-order valence-electron chi connectivity index (χ4n) is 3.83. The van der Waals surface area contributed by atoms with Crippen molar-refractivity contribution in [2.45, 2.75) is 25.3 Å². The summed E-state index contributed by atoms with van der Waals surface area (Å²) in [6, 6.07) is 7.55. The van der Waals surface area contributed by atoms with Crippen LogP contribution in [0.15, 0.2) is 24.3 Å². The van der Waals surface area contributed by atoms with Crippen molar-refractivity contribution in [3.63, 3.8) is 0 Å². The molecule has 0 aliphatic carbocycles. The van der Waals surface area contributed by atoms with Crippen molar-refractivity contribution in [1.29, 1.82) is 0 Å². The Morgan fingerprint density at radius 3 is 2.41 bits per heavy atom. The molecule has 2 aromatic carbocycles. The molecule has 2 N–H and O–H groups in total. The predicted octanol–water partition coefficient (Wildman–Crippen LogP) is 3.29. The van der Waals surface area contributed by atoms with Crippen molar-refractivity contribution in [3.8, 4) is 28.7 Å². The van der Waals surface area contributed by atoms with Gasteiger partial charge in [-0.1, -0.05) is 0 Å². The number of methoxy groups -OCH3 is 3. The smallest absolute Gasteiger partial charge is 0.203 e. The Balaban J connectivity index is 1.85. The minimum absolute atomic E-state index is 0.0756. The maximum absolute atomic E-state index is 10.2. The van der Waals surface area contributed by atoms with Crippen LogP contribution in [-0.2, 0) is 12.8 Å². The summed E-state index contributed by atoms with van der Waals surface area (Å²) < 4.78 is 15.8. The third-order valence-electron chi connectivity index (χ3n) is 5.29. The number of phenols is 2. The van der Waals surface area contributed by atoms with Crippen LogP contribution in [0.5, 0.6) is 28.7 Å². The van der Waals surface area contributed by atoms with Gasteiger partial charge in [-0.25, -0.2) is 0 Å². The first-order chi connectivity index (χ1) is 13.0. The molecule has 0 radical (unpaired) electrons. The molecule has 0 saturated heterocycles. The molecule has 27 heavy (non-hydrogen) atoms. The molecular formula is C21H27NO5. The van der Waals surface area contributed by atoms with Crippen LogP contribution in [0.25, 0.3) is 0 Å². The summed E-state index contributed by atoms with van der Waals surface area (Å²) in [5.41, 5.74) is 3.32. The number of likely N-dealkylation sites (N-methyl/N-ethyl adjacent to an activating group) is 1. The third kappa shape index (κ3) is 3.76. The fourth-order valence-corrected chi connectivity index (χ4v) is 3.83. The van der Waals surface area contributed by atoms with E-state index in [1.165, 1.54) is 12.7 Å². The van der Waals surface area contributed by atoms with Crippen LogP contribution in [0.2, 0.25) is 0 Å². The predicted molar refractivity (Wildman–Crippen MR) is 103 cm³/mol. The molecule has 146 valence electrons. The number of aromatic hydroxyl groups is 2. The Bertz CT molecular complexity index is 821. The van der Waals surface area contributed by atoms with E-state index in [0.29, 0.717) is 17.2 Å². The number of aryl methyl sites for hydroxylation is 1. The van der Waals surface area contributed by atoms with E-state index in [-0.39, 0.29) is 17.5 Å². The Morgan fingerprint density at radius 2 is 1.74 bits per heavy atom. The zero-order valence-electron chi connectivity index (χ0n) is 16.3. The van der Waals surface area contributed by atoms with Crippen molar-refractivity contribution < 1.29 is 24.4 Å². The van der Waals surface area contributed by atoms with Gasteiger partial charge in [0.2, 0.25) is 5.75 Å². The van der Waals surface area contributed by atoms with E-state index in [2.05, 4.69) is 11.9 Å². The van der Waals surface area contributed by atoms with E-state index >= 15 is 0 Å². The highest BCUT2D eigenvalue weighted by Gasteiger charge is 2.26. The highest BCUT2D eigenvalue weighted by Crippen LogP contribution is 2.41. The van der Waals surface area contributed by atoms with E-state index in [1.54, 1.807) is 20.3 Å². The SMILES string of the molecule is COc1cc2c(cc1O)[C@@H]([14CH2]Cc1cc(O)c(OC)c(OC)c1)[15N](C)CC2. The quantitative estimate of drug-likeness (QED) is 0.754. The lowest BCUT2D eigenvalue weighted by Crippen LogP contribution is -2.32. The van der Waals surface area contributed by atoms with E-state index < -0.39 is 0 Å². The second-order valence-electron chi connectivity index (χ2n) is 6.86. The fraction of sp³-hybridized carbons (Fsp3) is 0.429. The van der Waals surface area contributed by atoms with Gasteiger partial charge in [-0.2, -0.15) is 0 Å². The molecule has 6 nitrogen and oxygen atoms in total. The number of phenolic OH excluding ortho intramolecular Hbond substituents is 2. The second-order valence-corrected chi connectivity index (χ2v) is 6.86. The molecule has 0 unspecified atom stereocenters. The van der Waals surface area contributed by atoms with Crippen LogP contribution in [0.1, 0.15) is 29.2 Å². The summed E-state index contributed by atoms with van der Waals surface area (Å²) in [5, 5.41) is 20.4. The molecule has 2 aromatic rings. The van der Waals surface area contributed by atoms with Gasteiger partial charge in [0, 0.05) is 12.6 Å². The van der Waals surface area contributed by atoms with Crippen molar-refractivity contribution >= 4 is 0 Å². The summed E-state index contributed by atoms with van der Waals surface area (Å²) >= 11 is 0. The van der Waals surface area contributed by atoms with Gasteiger partial charge in [-0.3, -0.25) is 4.90 Å². The monoisotopic (exact) mass is 376 g/mol. The standard InChI is InChI=1S/C21H27NO5/c1-22-8-7-14-11-19(25-2)17(23)12-15(14)16(22)6-5-13-9-18(24)21(27-4)20(10-13)26-3/h9-12,16,23-24H,5-8H2,1-4H3/t16-/m1/s1/i6+2,22+1. The van der Waals surface area contributed by atoms with Crippen LogP contribution in [0.4, 0.5) is 0 Å². The van der Waals surface area contributed by atoms with E-state index in [0.717, 1.165) is 36.9 Å². The summed E-state index contributed by atoms with van der Waals surface area (Å²) in [4.78, 5) is 2.30. The van der Waals surface area contributed by atoms with Gasteiger partial charge in [0.1, 0.15) is 0 Å². The molecule has 0 saturated carbocycles. The van der Waals surface area contributed by atoms with Crippen molar-refractivity contribution in [1.82, 2.24) is 4.90 Å². The topological polar surface area (TPSA) is 71.4 Å². The van der Waals surface area contributed by atoms with E-state index in [4.69, 9.17) is 14.2 Å². The molecule has 0 bridgehead atoms. The number of hydrogen-bond acceptors (Lipinski definition) is 6. The first-order valence-corrected chi connectivity index (χ1v) is 9.02. The number of nitrogens with zero attached hydrogens (tertiary/aromatic N) is 1. The third-order valence-corrected chi connectivity index (χ3v) is 5.29. The Kier molecular flexibility index (Phi) is 5.65. The number of benzene rings is 2. The molecule has 3 rings (SSSR count). The van der Waals surface area contributed by atoms with Gasteiger partial charge >= 0.3 is 0 Å². The maximum Gasteiger partial charge on any atom is 0.203 e. The van der Waals surface area contributed by atoms with Gasteiger partial charge < -0.3 is 24.4 Å². The first kappa shape index (κ1) is 19.2. The van der Waals surface area contributed by atoms with Crippen molar-refractivity contribution in [2.24, 2.45) is 0 Å². The van der Waals surface area contributed by atoms with Gasteiger partial charge in [0.15, 0.2) is 23.0 Å². The largest absolute Gasteiger partial charge is 0.504 e. The first-order valence-electron chi connectivity index (χ1n) is 9.02. The van der Waals surface area contributed by atoms with Gasteiger partial charge in [-0.05, 0) is 67.3 Å². The molecule has 1 atom stereocenters. The highest BCUT2D eigenvalue weighted by atomic mass is 16.5. The zero-order chi connectivity index (χ0) is 19.6. The number of hydrogen-bond donors (Lipinski definition) is 2. The number of fused-ring (bicyclic) bond motifs is 1. The van der Waals surface area contributed by atoms with Crippen LogP contribution < -0.4 is 14.2 Å². The average molecular weight is 376 g/mol. The normalized spacial score (nSPS) is 16.7. The van der Waals surface area contributed by atoms with Crippen LogP contribution >= 0.6 is 0 Å². The average Bonchev–Trinajstić information content (AvgIpc) is 2.66. The zero-order valence-corrected chi connectivity index (χ0v) is 16.3. The number of rotatable bonds is 6. The molecule has 1 heterocycles. The maximum atomic E-state index is 10.2. The van der Waals surface area contributed by atoms with Crippen LogP contribution in [0, 0.1) is 0 Å². The number of ether oxygens (including phenoxy) is 3. The summed E-state index contributed by atoms with van der Waals surface area (Å²) in [6.07, 6.45) is 2.54. The molecule has 0 spiro atoms. The van der Waals surface area contributed by atoms with E-state index in [1.807, 2.05) is 18.2 Å². The van der Waals surface area contributed by atoms with Crippen LogP contribution in [-0.4, -0.2) is 50.0 Å². The Labute approximate surface area is 159 Å². The van der Waals surface area contributed by atoms with Crippen molar-refractivity contribution in [2.75, 3.05) is 34.9 Å². The van der Waals surface area contributed by atoms with E-state index in [9.17, 15) is 10.2 Å². The second kappa shape index (κ2) is 7.96. The molecule has 0 fully saturated rings.